The standard InChI is InChI=1S/C29H46Cl3NO2/c1-17(2)7-6-8-18(3)20-11-12-21-19-9-10-23-25(33-26(35)29(30,31)32)24(34)14-16-28(23,5)22(19)13-15-27(20,21)4/h10,17-22,24-25,34H,6-9,11-16H2,1-5H3,(H,33,35)/t18-,19+,20-,21+,22+,24+,25-,27-,28-/m1/s1. The van der Waals surface area contributed by atoms with E-state index in [1.165, 1.54) is 50.5 Å². The minimum atomic E-state index is -2.03. The van der Waals surface area contributed by atoms with Crippen molar-refractivity contribution in [2.24, 2.45) is 46.3 Å². The molecule has 0 saturated heterocycles. The van der Waals surface area contributed by atoms with Gasteiger partial charge in [0, 0.05) is 0 Å². The van der Waals surface area contributed by atoms with E-state index in [0.717, 1.165) is 36.5 Å². The van der Waals surface area contributed by atoms with Crippen LogP contribution in [0.2, 0.25) is 0 Å². The number of hydrogen-bond donors (Lipinski definition) is 2. The van der Waals surface area contributed by atoms with E-state index in [1.54, 1.807) is 0 Å². The van der Waals surface area contributed by atoms with E-state index in [0.29, 0.717) is 23.7 Å². The number of amides is 1. The quantitative estimate of drug-likeness (QED) is 0.263. The lowest BCUT2D eigenvalue weighted by molar-refractivity contribution is -0.122. The lowest BCUT2D eigenvalue weighted by Gasteiger charge is -2.59. The van der Waals surface area contributed by atoms with Crippen LogP contribution < -0.4 is 5.32 Å². The van der Waals surface area contributed by atoms with E-state index in [1.807, 2.05) is 0 Å². The summed E-state index contributed by atoms with van der Waals surface area (Å²) in [6, 6.07) is -0.469. The van der Waals surface area contributed by atoms with Crippen molar-refractivity contribution in [3.05, 3.63) is 11.6 Å². The smallest absolute Gasteiger partial charge is 0.272 e. The van der Waals surface area contributed by atoms with Crippen LogP contribution in [0.4, 0.5) is 0 Å². The molecule has 35 heavy (non-hydrogen) atoms. The first-order valence-electron chi connectivity index (χ1n) is 14.0. The van der Waals surface area contributed by atoms with Gasteiger partial charge in [-0.05, 0) is 96.9 Å². The third-order valence-corrected chi connectivity index (χ3v) is 11.5. The van der Waals surface area contributed by atoms with Crippen LogP contribution in [0.5, 0.6) is 0 Å². The van der Waals surface area contributed by atoms with Crippen LogP contribution in [0.15, 0.2) is 11.6 Å². The van der Waals surface area contributed by atoms with Crippen molar-refractivity contribution < 1.29 is 9.90 Å². The van der Waals surface area contributed by atoms with Gasteiger partial charge in [0.05, 0.1) is 12.1 Å². The Morgan fingerprint density at radius 1 is 1.09 bits per heavy atom. The Morgan fingerprint density at radius 2 is 1.80 bits per heavy atom. The summed E-state index contributed by atoms with van der Waals surface area (Å²) < 4.78 is -2.03. The zero-order valence-corrected chi connectivity index (χ0v) is 24.5. The fourth-order valence-electron chi connectivity index (χ4n) is 9.17. The fourth-order valence-corrected chi connectivity index (χ4v) is 9.34. The number of rotatable bonds is 6. The molecule has 2 N–H and O–H groups in total. The van der Waals surface area contributed by atoms with Crippen molar-refractivity contribution in [3.8, 4) is 0 Å². The zero-order chi connectivity index (χ0) is 25.8. The molecule has 0 radical (unpaired) electrons. The molecule has 0 unspecified atom stereocenters. The van der Waals surface area contributed by atoms with Crippen LogP contribution in [0, 0.1) is 46.3 Å². The third-order valence-electron chi connectivity index (χ3n) is 10.9. The summed E-state index contributed by atoms with van der Waals surface area (Å²) in [6.07, 6.45) is 13.7. The van der Waals surface area contributed by atoms with E-state index in [4.69, 9.17) is 34.8 Å². The van der Waals surface area contributed by atoms with E-state index in [9.17, 15) is 9.90 Å². The summed E-state index contributed by atoms with van der Waals surface area (Å²) in [5.41, 5.74) is 1.59. The highest BCUT2D eigenvalue weighted by atomic mass is 35.6. The number of nitrogens with one attached hydrogen (secondary N) is 1. The second-order valence-electron chi connectivity index (χ2n) is 13.3. The van der Waals surface area contributed by atoms with Crippen LogP contribution in [-0.4, -0.2) is 27.0 Å². The number of alkyl halides is 3. The van der Waals surface area contributed by atoms with Crippen molar-refractivity contribution in [2.75, 3.05) is 0 Å². The monoisotopic (exact) mass is 545 g/mol. The summed E-state index contributed by atoms with van der Waals surface area (Å²) in [6.45, 7) is 12.2. The van der Waals surface area contributed by atoms with Crippen molar-refractivity contribution in [1.29, 1.82) is 0 Å². The number of aliphatic hydroxyl groups is 1. The molecule has 6 heteroatoms. The van der Waals surface area contributed by atoms with Gasteiger partial charge in [0.1, 0.15) is 0 Å². The molecule has 0 heterocycles. The average Bonchev–Trinajstić information content (AvgIpc) is 3.12. The molecule has 0 aromatic rings. The molecule has 0 aromatic carbocycles. The minimum Gasteiger partial charge on any atom is -0.391 e. The van der Waals surface area contributed by atoms with Gasteiger partial charge < -0.3 is 10.4 Å². The third kappa shape index (κ3) is 5.19. The molecular weight excluding hydrogens is 501 g/mol. The topological polar surface area (TPSA) is 49.3 Å². The number of carbonyl (C=O) groups is 1. The molecule has 3 nitrogen and oxygen atoms in total. The van der Waals surface area contributed by atoms with Crippen LogP contribution >= 0.6 is 34.8 Å². The molecule has 0 spiro atoms. The van der Waals surface area contributed by atoms with Crippen LogP contribution in [0.3, 0.4) is 0 Å². The first-order valence-corrected chi connectivity index (χ1v) is 15.2. The van der Waals surface area contributed by atoms with E-state index < -0.39 is 21.8 Å². The van der Waals surface area contributed by atoms with Gasteiger partial charge in [-0.25, -0.2) is 0 Å². The second kappa shape index (κ2) is 10.3. The summed E-state index contributed by atoms with van der Waals surface area (Å²) >= 11 is 17.6. The van der Waals surface area contributed by atoms with Crippen LogP contribution in [0.25, 0.3) is 0 Å². The Kier molecular flexibility index (Phi) is 8.26. The number of hydrogen-bond acceptors (Lipinski definition) is 2. The van der Waals surface area contributed by atoms with Crippen molar-refractivity contribution >= 4 is 40.7 Å². The molecule has 1 amide bonds. The predicted molar refractivity (Wildman–Crippen MR) is 147 cm³/mol. The number of carbonyl (C=O) groups excluding carboxylic acids is 1. The van der Waals surface area contributed by atoms with Crippen molar-refractivity contribution in [3.63, 3.8) is 0 Å². The molecule has 0 bridgehead atoms. The van der Waals surface area contributed by atoms with Gasteiger partial charge >= 0.3 is 0 Å². The van der Waals surface area contributed by atoms with Gasteiger partial charge in [0.2, 0.25) is 0 Å². The summed E-state index contributed by atoms with van der Waals surface area (Å²) in [5.74, 6) is 3.84. The molecule has 3 saturated carbocycles. The Hall–Kier alpha value is 0.0400. The molecule has 4 aliphatic rings. The highest BCUT2D eigenvalue weighted by molar-refractivity contribution is 6.76. The maximum Gasteiger partial charge on any atom is 0.272 e. The highest BCUT2D eigenvalue weighted by Crippen LogP contribution is 2.67. The maximum atomic E-state index is 12.5. The minimum absolute atomic E-state index is 0.0179. The van der Waals surface area contributed by atoms with Gasteiger partial charge in [-0.2, -0.15) is 0 Å². The maximum absolute atomic E-state index is 12.5. The average molecular weight is 547 g/mol. The Labute approximate surface area is 228 Å². The number of aliphatic hydroxyl groups excluding tert-OH is 1. The van der Waals surface area contributed by atoms with Gasteiger partial charge in [0.25, 0.3) is 9.70 Å². The van der Waals surface area contributed by atoms with Gasteiger partial charge in [-0.1, -0.05) is 94.8 Å². The molecule has 9 atom stereocenters. The second-order valence-corrected chi connectivity index (χ2v) is 15.6. The summed E-state index contributed by atoms with van der Waals surface area (Å²) in [5, 5.41) is 13.7. The van der Waals surface area contributed by atoms with E-state index in [2.05, 4.69) is 46.0 Å². The number of allylic oxidation sites excluding steroid dienone is 1. The number of fused-ring (bicyclic) bond motifs is 5. The molecule has 200 valence electrons. The zero-order valence-electron chi connectivity index (χ0n) is 22.3. The lowest BCUT2D eigenvalue weighted by atomic mass is 9.46. The predicted octanol–water partition coefficient (Wildman–Crippen LogP) is 7.85. The first kappa shape index (κ1) is 28.1. The Morgan fingerprint density at radius 3 is 2.46 bits per heavy atom. The van der Waals surface area contributed by atoms with Crippen molar-refractivity contribution in [2.45, 2.75) is 115 Å². The van der Waals surface area contributed by atoms with Gasteiger partial charge in [-0.15, -0.1) is 0 Å². The van der Waals surface area contributed by atoms with Crippen LogP contribution in [0.1, 0.15) is 98.8 Å². The Balaban J connectivity index is 1.53. The summed E-state index contributed by atoms with van der Waals surface area (Å²) in [7, 11) is 0. The first-order chi connectivity index (χ1) is 16.3. The highest BCUT2D eigenvalue weighted by Gasteiger charge is 2.60. The SMILES string of the molecule is CC(C)CCC[C@@H](C)[C@H]1CC[C@H]2[C@@H]3CC=C4[C@@H](NC(=O)C(Cl)(Cl)Cl)[C@@H](O)CC[C@]4(C)[C@H]3CC[C@]12C. The largest absolute Gasteiger partial charge is 0.391 e. The summed E-state index contributed by atoms with van der Waals surface area (Å²) in [4.78, 5) is 12.5. The molecule has 4 rings (SSSR count). The molecule has 3 fully saturated rings. The lowest BCUT2D eigenvalue weighted by Crippen LogP contribution is -2.58. The van der Waals surface area contributed by atoms with E-state index in [-0.39, 0.29) is 5.41 Å². The van der Waals surface area contributed by atoms with E-state index >= 15 is 0 Å². The Bertz CT molecular complexity index is 823. The van der Waals surface area contributed by atoms with Crippen molar-refractivity contribution in [1.82, 2.24) is 5.32 Å². The van der Waals surface area contributed by atoms with Gasteiger partial charge in [-0.3, -0.25) is 4.79 Å². The number of halogens is 3. The van der Waals surface area contributed by atoms with Crippen LogP contribution in [-0.2, 0) is 4.79 Å². The molecule has 0 aromatic heterocycles. The normalized spacial score (nSPS) is 42.1. The molecule has 4 aliphatic carbocycles. The molecule has 0 aliphatic heterocycles. The fraction of sp³-hybridized carbons (Fsp3) is 0.897. The van der Waals surface area contributed by atoms with Gasteiger partial charge in [0.15, 0.2) is 0 Å². The molecular formula is C29H46Cl3NO2.